The molecule has 5 nitrogen and oxygen atoms in total. The Morgan fingerprint density at radius 3 is 3.05 bits per heavy atom. The van der Waals surface area contributed by atoms with Crippen LogP contribution in [0, 0.1) is 0 Å². The molecule has 2 rings (SSSR count). The largest absolute Gasteiger partial charge is 0.383 e. The molecule has 2 N–H and O–H groups in total. The number of benzene rings is 1. The lowest BCUT2D eigenvalue weighted by atomic mass is 10.2. The van der Waals surface area contributed by atoms with Gasteiger partial charge in [0, 0.05) is 25.0 Å². The third-order valence-electron chi connectivity index (χ3n) is 2.71. The van der Waals surface area contributed by atoms with Gasteiger partial charge in [0.25, 0.3) is 0 Å². The highest BCUT2D eigenvalue weighted by Gasteiger charge is 2.28. The zero-order valence-electron chi connectivity index (χ0n) is 10.6. The number of anilines is 1. The number of hydrogen-bond donors (Lipinski definition) is 2. The van der Waals surface area contributed by atoms with Gasteiger partial charge in [0.2, 0.25) is 11.8 Å². The summed E-state index contributed by atoms with van der Waals surface area (Å²) in [6.45, 7) is 0.934. The van der Waals surface area contributed by atoms with Crippen LogP contribution in [0.3, 0.4) is 0 Å². The summed E-state index contributed by atoms with van der Waals surface area (Å²) in [6, 6.07) is 7.58. The van der Waals surface area contributed by atoms with Crippen molar-refractivity contribution in [1.82, 2.24) is 5.32 Å². The summed E-state index contributed by atoms with van der Waals surface area (Å²) >= 11 is 1.43. The molecule has 1 atom stereocenters. The Bertz CT molecular complexity index is 479. The maximum atomic E-state index is 11.9. The molecule has 0 aromatic heterocycles. The Balaban J connectivity index is 1.92. The van der Waals surface area contributed by atoms with E-state index in [1.54, 1.807) is 7.11 Å². The van der Waals surface area contributed by atoms with Crippen LogP contribution in [0.1, 0.15) is 6.42 Å². The van der Waals surface area contributed by atoms with E-state index in [2.05, 4.69) is 10.6 Å². The SMILES string of the molecule is COCCNC(=O)CC1Sc2ccccc2NC1=O. The van der Waals surface area contributed by atoms with E-state index in [0.717, 1.165) is 10.6 Å². The monoisotopic (exact) mass is 280 g/mol. The van der Waals surface area contributed by atoms with E-state index in [1.165, 1.54) is 11.8 Å². The molecule has 1 aromatic carbocycles. The van der Waals surface area contributed by atoms with Crippen LogP contribution in [0.25, 0.3) is 0 Å². The maximum Gasteiger partial charge on any atom is 0.238 e. The molecule has 0 saturated carbocycles. The topological polar surface area (TPSA) is 67.4 Å². The first-order valence-electron chi connectivity index (χ1n) is 6.03. The number of carbonyl (C=O) groups excluding carboxylic acids is 2. The minimum absolute atomic E-state index is 0.120. The minimum Gasteiger partial charge on any atom is -0.383 e. The molecular formula is C13H16N2O3S. The molecule has 2 amide bonds. The number of rotatable bonds is 5. The summed E-state index contributed by atoms with van der Waals surface area (Å²) in [5.74, 6) is -0.255. The quantitative estimate of drug-likeness (QED) is 0.797. The van der Waals surface area contributed by atoms with E-state index in [4.69, 9.17) is 4.74 Å². The number of methoxy groups -OCH3 is 1. The Morgan fingerprint density at radius 1 is 1.47 bits per heavy atom. The normalized spacial score (nSPS) is 17.5. The van der Waals surface area contributed by atoms with Crippen LogP contribution in [0.2, 0.25) is 0 Å². The average molecular weight is 280 g/mol. The fraction of sp³-hybridized carbons (Fsp3) is 0.385. The molecule has 102 valence electrons. The molecule has 0 spiro atoms. The van der Waals surface area contributed by atoms with Gasteiger partial charge in [-0.15, -0.1) is 11.8 Å². The van der Waals surface area contributed by atoms with Gasteiger partial charge in [0.05, 0.1) is 17.5 Å². The maximum absolute atomic E-state index is 11.9. The molecule has 19 heavy (non-hydrogen) atoms. The number of hydrogen-bond acceptors (Lipinski definition) is 4. The standard InChI is InChI=1S/C13H16N2O3S/c1-18-7-6-14-12(16)8-11-13(17)15-9-4-2-3-5-10(9)19-11/h2-5,11H,6-8H2,1H3,(H,14,16)(H,15,17). The first kappa shape index (κ1) is 13.9. The van der Waals surface area contributed by atoms with Crippen molar-refractivity contribution in [3.63, 3.8) is 0 Å². The lowest BCUT2D eigenvalue weighted by Gasteiger charge is -2.23. The second-order valence-corrected chi connectivity index (χ2v) is 5.38. The average Bonchev–Trinajstić information content (AvgIpc) is 2.40. The highest BCUT2D eigenvalue weighted by Crippen LogP contribution is 2.36. The zero-order valence-corrected chi connectivity index (χ0v) is 11.5. The van der Waals surface area contributed by atoms with Crippen LogP contribution in [-0.4, -0.2) is 37.3 Å². The molecule has 1 unspecified atom stereocenters. The Kier molecular flexibility index (Phi) is 4.81. The van der Waals surface area contributed by atoms with Crippen LogP contribution >= 0.6 is 11.8 Å². The number of thioether (sulfide) groups is 1. The summed E-state index contributed by atoms with van der Waals surface area (Å²) in [4.78, 5) is 24.6. The van der Waals surface area contributed by atoms with E-state index in [-0.39, 0.29) is 23.5 Å². The number of carbonyl (C=O) groups is 2. The summed E-state index contributed by atoms with van der Waals surface area (Å²) in [6.07, 6.45) is 0.175. The van der Waals surface area contributed by atoms with Crippen LogP contribution in [0.4, 0.5) is 5.69 Å². The van der Waals surface area contributed by atoms with Gasteiger partial charge in [-0.25, -0.2) is 0 Å². The summed E-state index contributed by atoms with van der Waals surface area (Å²) in [5, 5.41) is 5.16. The van der Waals surface area contributed by atoms with Crippen LogP contribution in [0.5, 0.6) is 0 Å². The van der Waals surface area contributed by atoms with Gasteiger partial charge >= 0.3 is 0 Å². The first-order chi connectivity index (χ1) is 9.20. The summed E-state index contributed by atoms with van der Waals surface area (Å²) < 4.78 is 4.85. The second-order valence-electron chi connectivity index (χ2n) is 4.14. The molecule has 1 aliphatic heterocycles. The van der Waals surface area contributed by atoms with E-state index in [1.807, 2.05) is 24.3 Å². The first-order valence-corrected chi connectivity index (χ1v) is 6.91. The Morgan fingerprint density at radius 2 is 2.26 bits per heavy atom. The number of amides is 2. The number of para-hydroxylation sites is 1. The van der Waals surface area contributed by atoms with Crippen molar-refractivity contribution in [3.05, 3.63) is 24.3 Å². The van der Waals surface area contributed by atoms with Crippen LogP contribution < -0.4 is 10.6 Å². The van der Waals surface area contributed by atoms with E-state index < -0.39 is 0 Å². The molecule has 0 saturated heterocycles. The zero-order chi connectivity index (χ0) is 13.7. The number of ether oxygens (including phenoxy) is 1. The predicted octanol–water partition coefficient (Wildman–Crippen LogP) is 1.25. The van der Waals surface area contributed by atoms with E-state index in [9.17, 15) is 9.59 Å². The van der Waals surface area contributed by atoms with E-state index >= 15 is 0 Å². The van der Waals surface area contributed by atoms with Crippen LogP contribution in [-0.2, 0) is 14.3 Å². The Hall–Kier alpha value is -1.53. The molecule has 0 radical (unpaired) electrons. The van der Waals surface area contributed by atoms with Gasteiger partial charge < -0.3 is 15.4 Å². The number of fused-ring (bicyclic) bond motifs is 1. The second kappa shape index (κ2) is 6.58. The smallest absolute Gasteiger partial charge is 0.238 e. The third-order valence-corrected chi connectivity index (χ3v) is 3.98. The van der Waals surface area contributed by atoms with Crippen LogP contribution in [0.15, 0.2) is 29.2 Å². The lowest BCUT2D eigenvalue weighted by Crippen LogP contribution is -2.35. The molecular weight excluding hydrogens is 264 g/mol. The van der Waals surface area contributed by atoms with Gasteiger partial charge in [0.15, 0.2) is 0 Å². The highest BCUT2D eigenvalue weighted by atomic mass is 32.2. The number of nitrogens with one attached hydrogen (secondary N) is 2. The molecule has 1 heterocycles. The van der Waals surface area contributed by atoms with Crippen molar-refractivity contribution in [2.45, 2.75) is 16.6 Å². The molecule has 1 aromatic rings. The predicted molar refractivity (Wildman–Crippen MR) is 74.2 cm³/mol. The van der Waals surface area contributed by atoms with Gasteiger partial charge in [-0.05, 0) is 12.1 Å². The van der Waals surface area contributed by atoms with Gasteiger partial charge in [-0.2, -0.15) is 0 Å². The molecule has 0 fully saturated rings. The highest BCUT2D eigenvalue weighted by molar-refractivity contribution is 8.01. The van der Waals surface area contributed by atoms with Crippen molar-refractivity contribution in [3.8, 4) is 0 Å². The van der Waals surface area contributed by atoms with Crippen molar-refractivity contribution in [2.75, 3.05) is 25.6 Å². The molecule has 0 bridgehead atoms. The Labute approximate surface area is 116 Å². The van der Waals surface area contributed by atoms with Crippen molar-refractivity contribution in [1.29, 1.82) is 0 Å². The van der Waals surface area contributed by atoms with Crippen molar-refractivity contribution in [2.24, 2.45) is 0 Å². The van der Waals surface area contributed by atoms with Crippen molar-refractivity contribution >= 4 is 29.3 Å². The van der Waals surface area contributed by atoms with Gasteiger partial charge in [0.1, 0.15) is 0 Å². The lowest BCUT2D eigenvalue weighted by molar-refractivity contribution is -0.124. The molecule has 1 aliphatic rings. The van der Waals surface area contributed by atoms with E-state index in [0.29, 0.717) is 13.2 Å². The molecule has 6 heteroatoms. The summed E-state index contributed by atoms with van der Waals surface area (Å²) in [5.41, 5.74) is 0.813. The van der Waals surface area contributed by atoms with Crippen molar-refractivity contribution < 1.29 is 14.3 Å². The third kappa shape index (κ3) is 3.71. The van der Waals surface area contributed by atoms with Gasteiger partial charge in [-0.3, -0.25) is 9.59 Å². The fourth-order valence-electron chi connectivity index (χ4n) is 1.76. The minimum atomic E-state index is -0.377. The van der Waals surface area contributed by atoms with Gasteiger partial charge in [-0.1, -0.05) is 12.1 Å². The fourth-order valence-corrected chi connectivity index (χ4v) is 2.87. The molecule has 0 aliphatic carbocycles. The summed E-state index contributed by atoms with van der Waals surface area (Å²) in [7, 11) is 1.58.